The summed E-state index contributed by atoms with van der Waals surface area (Å²) in [6, 6.07) is 7.26. The van der Waals surface area contributed by atoms with Gasteiger partial charge in [-0.05, 0) is 19.1 Å². The minimum atomic E-state index is -0.408. The van der Waals surface area contributed by atoms with Crippen molar-refractivity contribution in [3.05, 3.63) is 62.6 Å². The Morgan fingerprint density at radius 2 is 2.17 bits per heavy atom. The SMILES string of the molecule is Cc1nc(-c2cccc(Cl)c2)sc1C(=O)Nc1nccn(C)c1=O. The highest BCUT2D eigenvalue weighted by Gasteiger charge is 2.18. The van der Waals surface area contributed by atoms with Crippen molar-refractivity contribution in [1.29, 1.82) is 0 Å². The van der Waals surface area contributed by atoms with Crippen LogP contribution >= 0.6 is 22.9 Å². The van der Waals surface area contributed by atoms with Crippen LogP contribution in [0.25, 0.3) is 10.6 Å². The van der Waals surface area contributed by atoms with Gasteiger partial charge in [-0.1, -0.05) is 23.7 Å². The van der Waals surface area contributed by atoms with E-state index in [9.17, 15) is 9.59 Å². The lowest BCUT2D eigenvalue weighted by molar-refractivity contribution is 0.102. The molecule has 0 fully saturated rings. The monoisotopic (exact) mass is 360 g/mol. The first-order chi connectivity index (χ1) is 11.5. The van der Waals surface area contributed by atoms with Crippen LogP contribution in [0.5, 0.6) is 0 Å². The van der Waals surface area contributed by atoms with Crippen molar-refractivity contribution in [1.82, 2.24) is 14.5 Å². The number of hydrogen-bond donors (Lipinski definition) is 1. The summed E-state index contributed by atoms with van der Waals surface area (Å²) in [5.41, 5.74) is 1.05. The molecule has 2 aromatic heterocycles. The Morgan fingerprint density at radius 1 is 1.38 bits per heavy atom. The van der Waals surface area contributed by atoms with Crippen molar-refractivity contribution in [3.8, 4) is 10.6 Å². The number of halogens is 1. The van der Waals surface area contributed by atoms with Crippen LogP contribution < -0.4 is 10.9 Å². The minimum absolute atomic E-state index is 0.0119. The molecule has 0 aliphatic carbocycles. The van der Waals surface area contributed by atoms with Crippen LogP contribution in [0, 0.1) is 6.92 Å². The van der Waals surface area contributed by atoms with Gasteiger partial charge in [0, 0.05) is 30.0 Å². The van der Waals surface area contributed by atoms with Crippen LogP contribution in [0.2, 0.25) is 5.02 Å². The summed E-state index contributed by atoms with van der Waals surface area (Å²) < 4.78 is 1.35. The van der Waals surface area contributed by atoms with Gasteiger partial charge in [-0.3, -0.25) is 9.59 Å². The number of aryl methyl sites for hydroxylation is 2. The molecule has 122 valence electrons. The van der Waals surface area contributed by atoms with Gasteiger partial charge in [-0.15, -0.1) is 11.3 Å². The predicted octanol–water partition coefficient (Wildman–Crippen LogP) is 3.12. The molecule has 0 unspecified atom stereocenters. The number of anilines is 1. The number of hydrogen-bond acceptors (Lipinski definition) is 5. The molecule has 0 atom stereocenters. The maximum atomic E-state index is 12.5. The topological polar surface area (TPSA) is 76.9 Å². The van der Waals surface area contributed by atoms with Crippen molar-refractivity contribution in [2.75, 3.05) is 5.32 Å². The van der Waals surface area contributed by atoms with Gasteiger partial charge in [-0.2, -0.15) is 0 Å². The van der Waals surface area contributed by atoms with E-state index >= 15 is 0 Å². The van der Waals surface area contributed by atoms with E-state index in [-0.39, 0.29) is 11.4 Å². The van der Waals surface area contributed by atoms with E-state index in [1.807, 2.05) is 12.1 Å². The first kappa shape index (κ1) is 16.4. The molecule has 0 bridgehead atoms. The van der Waals surface area contributed by atoms with Crippen molar-refractivity contribution < 1.29 is 4.79 Å². The Balaban J connectivity index is 1.91. The largest absolute Gasteiger partial charge is 0.314 e. The summed E-state index contributed by atoms with van der Waals surface area (Å²) in [7, 11) is 1.59. The average Bonchev–Trinajstić information content (AvgIpc) is 2.94. The molecule has 1 amide bonds. The van der Waals surface area contributed by atoms with Gasteiger partial charge in [0.2, 0.25) is 0 Å². The Kier molecular flexibility index (Phi) is 4.46. The second kappa shape index (κ2) is 6.54. The third kappa shape index (κ3) is 3.22. The number of carbonyl (C=O) groups excluding carboxylic acids is 1. The lowest BCUT2D eigenvalue weighted by Crippen LogP contribution is -2.25. The molecule has 8 heteroatoms. The maximum Gasteiger partial charge on any atom is 0.293 e. The molecule has 1 aromatic carbocycles. The number of nitrogens with one attached hydrogen (secondary N) is 1. The summed E-state index contributed by atoms with van der Waals surface area (Å²) in [6.07, 6.45) is 2.97. The van der Waals surface area contributed by atoms with Crippen LogP contribution in [0.1, 0.15) is 15.4 Å². The highest BCUT2D eigenvalue weighted by molar-refractivity contribution is 7.17. The zero-order chi connectivity index (χ0) is 17.3. The molecule has 0 spiro atoms. The van der Waals surface area contributed by atoms with Crippen LogP contribution in [0.15, 0.2) is 41.5 Å². The standard InChI is InChI=1S/C16H13ClN4O2S/c1-9-12(14(22)20-13-16(23)21(2)7-6-18-13)24-15(19-9)10-4-3-5-11(17)8-10/h3-8H,1-2H3,(H,18,20,22). The quantitative estimate of drug-likeness (QED) is 0.778. The number of aromatic nitrogens is 3. The number of nitrogens with zero attached hydrogens (tertiary/aromatic N) is 3. The second-order valence-electron chi connectivity index (χ2n) is 5.09. The molecule has 3 rings (SSSR count). The van der Waals surface area contributed by atoms with Crippen LogP contribution in [-0.4, -0.2) is 20.4 Å². The Morgan fingerprint density at radius 3 is 2.92 bits per heavy atom. The van der Waals surface area contributed by atoms with E-state index < -0.39 is 5.91 Å². The van der Waals surface area contributed by atoms with E-state index in [1.54, 1.807) is 26.1 Å². The van der Waals surface area contributed by atoms with Crippen LogP contribution in [-0.2, 0) is 7.05 Å². The third-order valence-corrected chi connectivity index (χ3v) is 4.76. The van der Waals surface area contributed by atoms with E-state index in [0.29, 0.717) is 20.6 Å². The number of rotatable bonds is 3. The molecular weight excluding hydrogens is 348 g/mol. The lowest BCUT2D eigenvalue weighted by Gasteiger charge is -2.03. The zero-order valence-corrected chi connectivity index (χ0v) is 14.5. The van der Waals surface area contributed by atoms with Crippen molar-refractivity contribution in [3.63, 3.8) is 0 Å². The number of benzene rings is 1. The molecule has 0 radical (unpaired) electrons. The van der Waals surface area contributed by atoms with E-state index in [1.165, 1.54) is 28.3 Å². The molecule has 0 aliphatic rings. The van der Waals surface area contributed by atoms with Gasteiger partial charge in [-0.25, -0.2) is 9.97 Å². The van der Waals surface area contributed by atoms with Crippen molar-refractivity contribution in [2.45, 2.75) is 6.92 Å². The normalized spacial score (nSPS) is 10.6. The van der Waals surface area contributed by atoms with Crippen molar-refractivity contribution in [2.24, 2.45) is 7.05 Å². The fourth-order valence-corrected chi connectivity index (χ4v) is 3.25. The zero-order valence-electron chi connectivity index (χ0n) is 12.9. The number of thiazole rings is 1. The summed E-state index contributed by atoms with van der Waals surface area (Å²) in [4.78, 5) is 33.2. The molecule has 24 heavy (non-hydrogen) atoms. The van der Waals surface area contributed by atoms with Gasteiger partial charge >= 0.3 is 0 Å². The molecule has 6 nitrogen and oxygen atoms in total. The third-order valence-electron chi connectivity index (χ3n) is 3.32. The van der Waals surface area contributed by atoms with Crippen LogP contribution in [0.3, 0.4) is 0 Å². The summed E-state index contributed by atoms with van der Waals surface area (Å²) >= 11 is 7.24. The fraction of sp³-hybridized carbons (Fsp3) is 0.125. The van der Waals surface area contributed by atoms with Crippen molar-refractivity contribution >= 4 is 34.7 Å². The molecule has 0 saturated carbocycles. The van der Waals surface area contributed by atoms with E-state index in [0.717, 1.165) is 5.56 Å². The molecule has 0 saturated heterocycles. The highest BCUT2D eigenvalue weighted by Crippen LogP contribution is 2.29. The minimum Gasteiger partial charge on any atom is -0.314 e. The summed E-state index contributed by atoms with van der Waals surface area (Å²) in [5.74, 6) is -0.420. The Hall–Kier alpha value is -2.51. The molecule has 3 aromatic rings. The summed E-state index contributed by atoms with van der Waals surface area (Å²) in [5, 5.41) is 3.83. The molecular formula is C16H13ClN4O2S. The van der Waals surface area contributed by atoms with Gasteiger partial charge in [0.05, 0.1) is 5.69 Å². The number of amides is 1. The van der Waals surface area contributed by atoms with Gasteiger partial charge in [0.25, 0.3) is 11.5 Å². The fourth-order valence-electron chi connectivity index (χ4n) is 2.10. The Bertz CT molecular complexity index is 980. The predicted molar refractivity (Wildman–Crippen MR) is 94.7 cm³/mol. The van der Waals surface area contributed by atoms with Gasteiger partial charge < -0.3 is 9.88 Å². The second-order valence-corrected chi connectivity index (χ2v) is 6.53. The lowest BCUT2D eigenvalue weighted by atomic mass is 10.2. The average molecular weight is 361 g/mol. The van der Waals surface area contributed by atoms with E-state index in [4.69, 9.17) is 11.6 Å². The van der Waals surface area contributed by atoms with Crippen LogP contribution in [0.4, 0.5) is 5.82 Å². The first-order valence-electron chi connectivity index (χ1n) is 7.02. The summed E-state index contributed by atoms with van der Waals surface area (Å²) in [6.45, 7) is 1.75. The Labute approximate surface area is 146 Å². The molecule has 1 N–H and O–H groups in total. The smallest absolute Gasteiger partial charge is 0.293 e. The van der Waals surface area contributed by atoms with Gasteiger partial charge in [0.15, 0.2) is 5.82 Å². The number of carbonyl (C=O) groups is 1. The van der Waals surface area contributed by atoms with Gasteiger partial charge in [0.1, 0.15) is 9.88 Å². The molecule has 2 heterocycles. The first-order valence-corrected chi connectivity index (χ1v) is 8.21. The highest BCUT2D eigenvalue weighted by atomic mass is 35.5. The maximum absolute atomic E-state index is 12.5. The van der Waals surface area contributed by atoms with E-state index in [2.05, 4.69) is 15.3 Å². The molecule has 0 aliphatic heterocycles.